The maximum atomic E-state index is 12.3. The Morgan fingerprint density at radius 1 is 1.22 bits per heavy atom. The number of benzene rings is 1. The van der Waals surface area contributed by atoms with Crippen LogP contribution in [-0.2, 0) is 28.6 Å². The molecule has 0 N–H and O–H groups in total. The van der Waals surface area contributed by atoms with Crippen molar-refractivity contribution in [2.45, 2.75) is 37.3 Å². The van der Waals surface area contributed by atoms with Crippen LogP contribution < -0.4 is 0 Å². The second-order valence-electron chi connectivity index (χ2n) is 5.43. The van der Waals surface area contributed by atoms with Gasteiger partial charge in [0.15, 0.2) is 0 Å². The third-order valence-corrected chi connectivity index (χ3v) is 5.09. The Morgan fingerprint density at radius 2 is 1.83 bits per heavy atom. The van der Waals surface area contributed by atoms with Gasteiger partial charge in [-0.1, -0.05) is 17.7 Å². The molecule has 23 heavy (non-hydrogen) atoms. The summed E-state index contributed by atoms with van der Waals surface area (Å²) in [5, 5.41) is 0. The minimum Gasteiger partial charge on any atom is -0.467 e. The summed E-state index contributed by atoms with van der Waals surface area (Å²) in [6.45, 7) is 3.19. The molecule has 1 amide bonds. The standard InChI is InChI=1S/C15H19NO6S/c1-10-4-6-13(7-5-10)23(19,20)22-12-8-14(15(18)21-3)16(9-12)11(2)17/h4-7,12,14H,8-9H2,1-3H3/t12-,14+/m0/s1. The van der Waals surface area contributed by atoms with Crippen molar-refractivity contribution >= 4 is 22.0 Å². The van der Waals surface area contributed by atoms with E-state index >= 15 is 0 Å². The zero-order chi connectivity index (χ0) is 17.2. The van der Waals surface area contributed by atoms with Crippen molar-refractivity contribution in [3.63, 3.8) is 0 Å². The van der Waals surface area contributed by atoms with Gasteiger partial charge in [-0.2, -0.15) is 8.42 Å². The maximum absolute atomic E-state index is 12.3. The van der Waals surface area contributed by atoms with Crippen LogP contribution in [0.3, 0.4) is 0 Å². The van der Waals surface area contributed by atoms with E-state index in [0.29, 0.717) is 0 Å². The van der Waals surface area contributed by atoms with Gasteiger partial charge in [-0.3, -0.25) is 8.98 Å². The van der Waals surface area contributed by atoms with Crippen molar-refractivity contribution in [2.24, 2.45) is 0 Å². The molecule has 2 rings (SSSR count). The molecule has 2 atom stereocenters. The topological polar surface area (TPSA) is 90.0 Å². The number of hydrogen-bond donors (Lipinski definition) is 0. The molecule has 0 radical (unpaired) electrons. The molecule has 0 bridgehead atoms. The van der Waals surface area contributed by atoms with E-state index < -0.39 is 28.2 Å². The van der Waals surface area contributed by atoms with Gasteiger partial charge in [0.2, 0.25) is 5.91 Å². The number of methoxy groups -OCH3 is 1. The van der Waals surface area contributed by atoms with Gasteiger partial charge in [0.1, 0.15) is 6.04 Å². The molecular formula is C15H19NO6S. The quantitative estimate of drug-likeness (QED) is 0.596. The van der Waals surface area contributed by atoms with Gasteiger partial charge in [0.25, 0.3) is 10.1 Å². The molecule has 1 aromatic rings. The van der Waals surface area contributed by atoms with Crippen molar-refractivity contribution in [3.05, 3.63) is 29.8 Å². The number of rotatable bonds is 4. The van der Waals surface area contributed by atoms with Crippen LogP contribution in [0.2, 0.25) is 0 Å². The molecular weight excluding hydrogens is 322 g/mol. The summed E-state index contributed by atoms with van der Waals surface area (Å²) in [7, 11) is -2.74. The van der Waals surface area contributed by atoms with Gasteiger partial charge in [-0.15, -0.1) is 0 Å². The molecule has 0 aromatic heterocycles. The van der Waals surface area contributed by atoms with Crippen molar-refractivity contribution in [1.29, 1.82) is 0 Å². The number of ether oxygens (including phenoxy) is 1. The number of carbonyl (C=O) groups is 2. The van der Waals surface area contributed by atoms with Crippen molar-refractivity contribution in [3.8, 4) is 0 Å². The fourth-order valence-electron chi connectivity index (χ4n) is 2.51. The van der Waals surface area contributed by atoms with E-state index in [0.717, 1.165) is 5.56 Å². The highest BCUT2D eigenvalue weighted by Crippen LogP contribution is 2.25. The van der Waals surface area contributed by atoms with E-state index in [9.17, 15) is 18.0 Å². The second-order valence-corrected chi connectivity index (χ2v) is 7.00. The number of esters is 1. The van der Waals surface area contributed by atoms with Gasteiger partial charge in [-0.25, -0.2) is 4.79 Å². The molecule has 1 fully saturated rings. The monoisotopic (exact) mass is 341 g/mol. The summed E-state index contributed by atoms with van der Waals surface area (Å²) in [4.78, 5) is 24.6. The van der Waals surface area contributed by atoms with E-state index in [1.165, 1.54) is 31.1 Å². The number of hydrogen-bond acceptors (Lipinski definition) is 6. The first-order valence-corrected chi connectivity index (χ1v) is 8.50. The average Bonchev–Trinajstić information content (AvgIpc) is 2.90. The van der Waals surface area contributed by atoms with Crippen LogP contribution in [-0.4, -0.2) is 51.0 Å². The fraction of sp³-hybridized carbons (Fsp3) is 0.467. The number of likely N-dealkylation sites (tertiary alicyclic amines) is 1. The van der Waals surface area contributed by atoms with E-state index in [2.05, 4.69) is 4.74 Å². The Balaban J connectivity index is 2.15. The first-order chi connectivity index (χ1) is 10.7. The Bertz CT molecular complexity index is 697. The third kappa shape index (κ3) is 3.89. The van der Waals surface area contributed by atoms with Crippen LogP contribution in [0.25, 0.3) is 0 Å². The van der Waals surface area contributed by atoms with Crippen LogP contribution in [0.1, 0.15) is 18.9 Å². The molecule has 126 valence electrons. The molecule has 1 aromatic carbocycles. The molecule has 1 aliphatic rings. The predicted octanol–water partition coefficient (Wildman–Crippen LogP) is 0.863. The van der Waals surface area contributed by atoms with Crippen molar-refractivity contribution in [2.75, 3.05) is 13.7 Å². The maximum Gasteiger partial charge on any atom is 0.328 e. The van der Waals surface area contributed by atoms with Crippen LogP contribution in [0.15, 0.2) is 29.2 Å². The predicted molar refractivity (Wildman–Crippen MR) is 81.0 cm³/mol. The van der Waals surface area contributed by atoms with Gasteiger partial charge in [0.05, 0.1) is 18.1 Å². The molecule has 0 spiro atoms. The number of amides is 1. The summed E-state index contributed by atoms with van der Waals surface area (Å²) in [6.07, 6.45) is -0.702. The van der Waals surface area contributed by atoms with Gasteiger partial charge in [0, 0.05) is 19.9 Å². The number of aryl methyl sites for hydroxylation is 1. The van der Waals surface area contributed by atoms with Crippen LogP contribution >= 0.6 is 0 Å². The van der Waals surface area contributed by atoms with E-state index in [-0.39, 0.29) is 23.8 Å². The zero-order valence-corrected chi connectivity index (χ0v) is 14.0. The lowest BCUT2D eigenvalue weighted by Crippen LogP contribution is -2.39. The van der Waals surface area contributed by atoms with Gasteiger partial charge in [-0.05, 0) is 19.1 Å². The molecule has 0 unspecified atom stereocenters. The minimum absolute atomic E-state index is 0.0280. The molecule has 1 saturated heterocycles. The fourth-order valence-corrected chi connectivity index (χ4v) is 3.59. The highest BCUT2D eigenvalue weighted by Gasteiger charge is 2.41. The average molecular weight is 341 g/mol. The van der Waals surface area contributed by atoms with E-state index in [4.69, 9.17) is 4.18 Å². The lowest BCUT2D eigenvalue weighted by Gasteiger charge is -2.20. The first kappa shape index (κ1) is 17.4. The summed E-state index contributed by atoms with van der Waals surface area (Å²) in [6, 6.07) is 5.43. The van der Waals surface area contributed by atoms with Crippen LogP contribution in [0.4, 0.5) is 0 Å². The zero-order valence-electron chi connectivity index (χ0n) is 13.2. The van der Waals surface area contributed by atoms with E-state index in [1.807, 2.05) is 6.92 Å². The summed E-state index contributed by atoms with van der Waals surface area (Å²) < 4.78 is 34.4. The van der Waals surface area contributed by atoms with Crippen LogP contribution in [0, 0.1) is 6.92 Å². The summed E-state index contributed by atoms with van der Waals surface area (Å²) in [5.41, 5.74) is 0.929. The Kier molecular flexibility index (Phi) is 5.06. The Hall–Kier alpha value is -1.93. The number of nitrogens with zero attached hydrogens (tertiary/aromatic N) is 1. The number of carbonyl (C=O) groups excluding carboxylic acids is 2. The minimum atomic E-state index is -3.96. The molecule has 0 aliphatic carbocycles. The second kappa shape index (κ2) is 6.67. The summed E-state index contributed by atoms with van der Waals surface area (Å²) in [5.74, 6) is -0.918. The summed E-state index contributed by atoms with van der Waals surface area (Å²) >= 11 is 0. The molecule has 1 aliphatic heterocycles. The SMILES string of the molecule is COC(=O)[C@H]1C[C@H](OS(=O)(=O)c2ccc(C)cc2)CN1C(C)=O. The largest absolute Gasteiger partial charge is 0.467 e. The Morgan fingerprint density at radius 3 is 2.35 bits per heavy atom. The third-order valence-electron chi connectivity index (χ3n) is 3.71. The van der Waals surface area contributed by atoms with Crippen LogP contribution in [0.5, 0.6) is 0 Å². The van der Waals surface area contributed by atoms with E-state index in [1.54, 1.807) is 12.1 Å². The van der Waals surface area contributed by atoms with Crippen molar-refractivity contribution in [1.82, 2.24) is 4.90 Å². The molecule has 0 saturated carbocycles. The first-order valence-electron chi connectivity index (χ1n) is 7.09. The Labute approximate surface area is 135 Å². The lowest BCUT2D eigenvalue weighted by atomic mass is 10.2. The highest BCUT2D eigenvalue weighted by atomic mass is 32.2. The lowest BCUT2D eigenvalue weighted by molar-refractivity contribution is -0.150. The van der Waals surface area contributed by atoms with Gasteiger partial charge >= 0.3 is 5.97 Å². The van der Waals surface area contributed by atoms with Crippen molar-refractivity contribution < 1.29 is 26.9 Å². The smallest absolute Gasteiger partial charge is 0.328 e. The normalized spacial score (nSPS) is 21.3. The highest BCUT2D eigenvalue weighted by molar-refractivity contribution is 7.86. The van der Waals surface area contributed by atoms with Gasteiger partial charge < -0.3 is 9.64 Å². The molecule has 1 heterocycles. The molecule has 8 heteroatoms. The molecule has 7 nitrogen and oxygen atoms in total.